The van der Waals surface area contributed by atoms with Crippen molar-refractivity contribution in [3.8, 4) is 0 Å². The van der Waals surface area contributed by atoms with Crippen molar-refractivity contribution in [1.82, 2.24) is 10.3 Å². The zero-order valence-corrected chi connectivity index (χ0v) is 9.64. The Morgan fingerprint density at radius 2 is 2.33 bits per heavy atom. The molecule has 0 aliphatic rings. The van der Waals surface area contributed by atoms with Crippen LogP contribution in [0.5, 0.6) is 0 Å². The van der Waals surface area contributed by atoms with E-state index in [-0.39, 0.29) is 5.91 Å². The first-order valence-electron chi connectivity index (χ1n) is 4.31. The van der Waals surface area contributed by atoms with Gasteiger partial charge < -0.3 is 5.32 Å². The zero-order chi connectivity index (χ0) is 11.3. The summed E-state index contributed by atoms with van der Waals surface area (Å²) in [7, 11) is 0. The summed E-state index contributed by atoms with van der Waals surface area (Å²) in [6.07, 6.45) is 5.02. The largest absolute Gasteiger partial charge is 0.353 e. The molecule has 0 unspecified atom stereocenters. The molecule has 0 aliphatic carbocycles. The van der Waals surface area contributed by atoms with Gasteiger partial charge in [-0.3, -0.25) is 9.78 Å². The molecule has 0 saturated carbocycles. The van der Waals surface area contributed by atoms with Gasteiger partial charge in [0, 0.05) is 19.7 Å². The molecule has 0 spiro atoms. The van der Waals surface area contributed by atoms with Crippen LogP contribution in [0.2, 0.25) is 10.0 Å². The average Bonchev–Trinajstić information content (AvgIpc) is 2.14. The van der Waals surface area contributed by atoms with Crippen LogP contribution in [0.15, 0.2) is 18.3 Å². The number of nitrogens with zero attached hydrogens (tertiary/aromatic N) is 1. The Morgan fingerprint density at radius 3 is 2.93 bits per heavy atom. The van der Waals surface area contributed by atoms with Gasteiger partial charge in [-0.25, -0.2) is 0 Å². The Bertz CT molecular complexity index is 391. The van der Waals surface area contributed by atoms with E-state index in [0.29, 0.717) is 22.3 Å². The summed E-state index contributed by atoms with van der Waals surface area (Å²) in [5.74, 6) is -0.0742. The molecule has 0 bridgehead atoms. The third-order valence-corrected chi connectivity index (χ3v) is 2.09. The second kappa shape index (κ2) is 5.73. The lowest BCUT2D eigenvalue weighted by atomic mass is 10.3. The lowest BCUT2D eigenvalue weighted by Gasteiger charge is -1.98. The van der Waals surface area contributed by atoms with Crippen LogP contribution in [0.1, 0.15) is 12.6 Å². The Morgan fingerprint density at radius 1 is 1.60 bits per heavy atom. The second-order valence-corrected chi connectivity index (χ2v) is 3.70. The van der Waals surface area contributed by atoms with E-state index in [9.17, 15) is 4.79 Å². The molecule has 1 heterocycles. The molecular formula is C10H10Cl2N2O. The minimum absolute atomic E-state index is 0.0742. The van der Waals surface area contributed by atoms with Gasteiger partial charge in [-0.1, -0.05) is 29.3 Å². The minimum Gasteiger partial charge on any atom is -0.353 e. The smallest absolute Gasteiger partial charge is 0.217 e. The highest BCUT2D eigenvalue weighted by Crippen LogP contribution is 2.19. The van der Waals surface area contributed by atoms with Gasteiger partial charge in [-0.2, -0.15) is 0 Å². The number of nitrogens with one attached hydrogen (secondary N) is 1. The quantitative estimate of drug-likeness (QED) is 0.889. The van der Waals surface area contributed by atoms with E-state index >= 15 is 0 Å². The molecule has 0 aromatic carbocycles. The van der Waals surface area contributed by atoms with E-state index in [1.807, 2.05) is 0 Å². The number of hydrogen-bond donors (Lipinski definition) is 1. The van der Waals surface area contributed by atoms with Gasteiger partial charge in [0.05, 0.1) is 15.7 Å². The molecule has 0 radical (unpaired) electrons. The molecule has 80 valence electrons. The minimum atomic E-state index is -0.0742. The maximum atomic E-state index is 10.6. The van der Waals surface area contributed by atoms with Gasteiger partial charge in [-0.15, -0.1) is 0 Å². The fraction of sp³-hybridized carbons (Fsp3) is 0.200. The van der Waals surface area contributed by atoms with Crippen molar-refractivity contribution in [3.05, 3.63) is 34.1 Å². The third-order valence-electron chi connectivity index (χ3n) is 1.58. The normalized spacial score (nSPS) is 10.6. The predicted octanol–water partition coefficient (Wildman–Crippen LogP) is 2.54. The maximum absolute atomic E-state index is 10.6. The molecular weight excluding hydrogens is 235 g/mol. The fourth-order valence-electron chi connectivity index (χ4n) is 0.921. The van der Waals surface area contributed by atoms with Gasteiger partial charge >= 0.3 is 0 Å². The summed E-state index contributed by atoms with van der Waals surface area (Å²) in [4.78, 5) is 14.6. The Hall–Kier alpha value is -1.06. The SMILES string of the molecule is CC(=O)NCC=Cc1ncc(Cl)cc1Cl. The number of pyridine rings is 1. The second-order valence-electron chi connectivity index (χ2n) is 2.86. The van der Waals surface area contributed by atoms with Crippen molar-refractivity contribution < 1.29 is 4.79 Å². The molecule has 0 atom stereocenters. The van der Waals surface area contributed by atoms with Crippen LogP contribution in [0.4, 0.5) is 0 Å². The first-order chi connectivity index (χ1) is 7.09. The lowest BCUT2D eigenvalue weighted by Crippen LogP contribution is -2.19. The number of carbonyl (C=O) groups excluding carboxylic acids is 1. The van der Waals surface area contributed by atoms with E-state index in [4.69, 9.17) is 23.2 Å². The number of halogens is 2. The van der Waals surface area contributed by atoms with Crippen LogP contribution in [-0.4, -0.2) is 17.4 Å². The average molecular weight is 245 g/mol. The monoisotopic (exact) mass is 244 g/mol. The van der Waals surface area contributed by atoms with Crippen LogP contribution < -0.4 is 5.32 Å². The molecule has 1 N–H and O–H groups in total. The fourth-order valence-corrected chi connectivity index (χ4v) is 1.36. The Labute approximate surface area is 98.1 Å². The van der Waals surface area contributed by atoms with Crippen molar-refractivity contribution in [3.63, 3.8) is 0 Å². The van der Waals surface area contributed by atoms with E-state index in [0.717, 1.165) is 0 Å². The van der Waals surface area contributed by atoms with Crippen molar-refractivity contribution in [2.45, 2.75) is 6.92 Å². The van der Waals surface area contributed by atoms with E-state index in [2.05, 4.69) is 10.3 Å². The molecule has 1 amide bonds. The molecule has 1 rings (SSSR count). The zero-order valence-electron chi connectivity index (χ0n) is 8.13. The summed E-state index contributed by atoms with van der Waals surface area (Å²) < 4.78 is 0. The van der Waals surface area contributed by atoms with Gasteiger partial charge in [0.1, 0.15) is 0 Å². The van der Waals surface area contributed by atoms with Crippen molar-refractivity contribution >= 4 is 35.2 Å². The molecule has 0 aliphatic heterocycles. The molecule has 1 aromatic heterocycles. The number of rotatable bonds is 3. The molecule has 0 fully saturated rings. The molecule has 5 heteroatoms. The molecule has 3 nitrogen and oxygen atoms in total. The molecule has 1 aromatic rings. The summed E-state index contributed by atoms with van der Waals surface area (Å²) >= 11 is 11.6. The van der Waals surface area contributed by atoms with E-state index in [1.54, 1.807) is 18.2 Å². The van der Waals surface area contributed by atoms with Crippen molar-refractivity contribution in [2.24, 2.45) is 0 Å². The van der Waals surface area contributed by atoms with Crippen molar-refractivity contribution in [2.75, 3.05) is 6.54 Å². The Balaban J connectivity index is 2.60. The first kappa shape index (κ1) is 12.0. The predicted molar refractivity (Wildman–Crippen MR) is 62.0 cm³/mol. The summed E-state index contributed by atoms with van der Waals surface area (Å²) in [6, 6.07) is 1.62. The standard InChI is InChI=1S/C10H10Cl2N2O/c1-7(15)13-4-2-3-10-9(12)5-8(11)6-14-10/h2-3,5-6H,4H2,1H3,(H,13,15). The third kappa shape index (κ3) is 4.32. The topological polar surface area (TPSA) is 42.0 Å². The Kier molecular flexibility index (Phi) is 4.59. The number of amides is 1. The highest BCUT2D eigenvalue weighted by Gasteiger charge is 1.98. The van der Waals surface area contributed by atoms with Crippen LogP contribution in [0.3, 0.4) is 0 Å². The van der Waals surface area contributed by atoms with E-state index < -0.39 is 0 Å². The summed E-state index contributed by atoms with van der Waals surface area (Å²) in [6.45, 7) is 1.91. The van der Waals surface area contributed by atoms with Gasteiger partial charge in [0.2, 0.25) is 5.91 Å². The summed E-state index contributed by atoms with van der Waals surface area (Å²) in [5.41, 5.74) is 0.631. The number of aromatic nitrogens is 1. The van der Waals surface area contributed by atoms with Crippen LogP contribution in [0.25, 0.3) is 6.08 Å². The first-order valence-corrected chi connectivity index (χ1v) is 5.07. The van der Waals surface area contributed by atoms with Crippen molar-refractivity contribution in [1.29, 1.82) is 0 Å². The molecule has 0 saturated heterocycles. The van der Waals surface area contributed by atoms with Gasteiger partial charge in [0.25, 0.3) is 0 Å². The molecule has 15 heavy (non-hydrogen) atoms. The highest BCUT2D eigenvalue weighted by molar-refractivity contribution is 6.35. The maximum Gasteiger partial charge on any atom is 0.217 e. The van der Waals surface area contributed by atoms with E-state index in [1.165, 1.54) is 13.1 Å². The van der Waals surface area contributed by atoms with Gasteiger partial charge in [0.15, 0.2) is 0 Å². The summed E-state index contributed by atoms with van der Waals surface area (Å²) in [5, 5.41) is 3.61. The van der Waals surface area contributed by atoms with Crippen LogP contribution in [-0.2, 0) is 4.79 Å². The van der Waals surface area contributed by atoms with Crippen LogP contribution >= 0.6 is 23.2 Å². The number of hydrogen-bond acceptors (Lipinski definition) is 2. The number of carbonyl (C=O) groups is 1. The van der Waals surface area contributed by atoms with Crippen LogP contribution in [0, 0.1) is 0 Å². The van der Waals surface area contributed by atoms with Gasteiger partial charge in [-0.05, 0) is 12.1 Å². The highest BCUT2D eigenvalue weighted by atomic mass is 35.5. The lowest BCUT2D eigenvalue weighted by molar-refractivity contribution is -0.118.